The number of rotatable bonds is 3. The second kappa shape index (κ2) is 4.06. The quantitative estimate of drug-likeness (QED) is 0.801. The van der Waals surface area contributed by atoms with Gasteiger partial charge in [0.25, 0.3) is 0 Å². The van der Waals surface area contributed by atoms with Gasteiger partial charge >= 0.3 is 0 Å². The third-order valence-electron chi connectivity index (χ3n) is 3.01. The molecule has 2 aromatic rings. The molecule has 0 amide bonds. The van der Waals surface area contributed by atoms with E-state index in [1.807, 2.05) is 48.5 Å². The van der Waals surface area contributed by atoms with Gasteiger partial charge in [-0.15, -0.1) is 0 Å². The summed E-state index contributed by atoms with van der Waals surface area (Å²) in [7, 11) is 0. The molecule has 2 heteroatoms. The minimum atomic E-state index is 0.213. The Bertz CT molecular complexity index is 558. The van der Waals surface area contributed by atoms with E-state index in [1.165, 1.54) is 0 Å². The Hall–Kier alpha value is -2.09. The van der Waals surface area contributed by atoms with Crippen molar-refractivity contribution in [2.24, 2.45) is 0 Å². The number of carbonyl (C=O) groups excluding carboxylic acids is 1. The second-order valence-electron chi connectivity index (χ2n) is 4.16. The summed E-state index contributed by atoms with van der Waals surface area (Å²) in [4.78, 5) is 11.3. The van der Waals surface area contributed by atoms with Crippen molar-refractivity contribution in [3.63, 3.8) is 0 Å². The van der Waals surface area contributed by atoms with Gasteiger partial charge in [-0.05, 0) is 11.6 Å². The Morgan fingerprint density at radius 2 is 1.82 bits per heavy atom. The molecular formula is C15H12O2. The van der Waals surface area contributed by atoms with Crippen LogP contribution in [0.1, 0.15) is 21.5 Å². The largest absolute Gasteiger partial charge is 0.489 e. The van der Waals surface area contributed by atoms with E-state index in [9.17, 15) is 4.79 Å². The number of hydrogen-bond donors (Lipinski definition) is 0. The highest BCUT2D eigenvalue weighted by Gasteiger charge is 2.26. The van der Waals surface area contributed by atoms with E-state index in [1.54, 1.807) is 0 Å². The summed E-state index contributed by atoms with van der Waals surface area (Å²) in [6.07, 6.45) is 0.514. The first-order valence-corrected chi connectivity index (χ1v) is 5.66. The van der Waals surface area contributed by atoms with Crippen LogP contribution in [0.2, 0.25) is 0 Å². The average Bonchev–Trinajstić information content (AvgIpc) is 2.37. The molecule has 0 aromatic heterocycles. The second-order valence-corrected chi connectivity index (χ2v) is 4.16. The van der Waals surface area contributed by atoms with E-state index in [2.05, 4.69) is 0 Å². The van der Waals surface area contributed by atoms with Gasteiger partial charge in [-0.2, -0.15) is 0 Å². The molecule has 84 valence electrons. The lowest BCUT2D eigenvalue weighted by Gasteiger charge is -2.20. The normalized spacial score (nSPS) is 12.8. The first-order valence-electron chi connectivity index (χ1n) is 5.66. The smallest absolute Gasteiger partial charge is 0.167 e. The first-order chi connectivity index (χ1) is 8.34. The molecule has 0 saturated carbocycles. The summed E-state index contributed by atoms with van der Waals surface area (Å²) in [6.45, 7) is 0.547. The maximum Gasteiger partial charge on any atom is 0.167 e. The zero-order chi connectivity index (χ0) is 11.7. The molecule has 2 nitrogen and oxygen atoms in total. The van der Waals surface area contributed by atoms with Crippen molar-refractivity contribution in [1.82, 2.24) is 0 Å². The number of Topliss-reactive ketones (excluding diaryl/α,β-unsaturated/α-hetero) is 1. The molecule has 0 saturated heterocycles. The van der Waals surface area contributed by atoms with Gasteiger partial charge in [0.1, 0.15) is 12.4 Å². The highest BCUT2D eigenvalue weighted by Crippen LogP contribution is 2.32. The van der Waals surface area contributed by atoms with E-state index in [4.69, 9.17) is 4.74 Å². The fourth-order valence-corrected chi connectivity index (χ4v) is 2.03. The van der Waals surface area contributed by atoms with E-state index in [0.29, 0.717) is 13.0 Å². The monoisotopic (exact) mass is 224 g/mol. The van der Waals surface area contributed by atoms with Crippen molar-refractivity contribution in [3.8, 4) is 5.75 Å². The van der Waals surface area contributed by atoms with Crippen LogP contribution in [0.5, 0.6) is 5.75 Å². The molecule has 17 heavy (non-hydrogen) atoms. The standard InChI is InChI=1S/C15H12O2/c16-14-9-13-12(14)7-4-8-15(13)17-10-11-5-2-1-3-6-11/h1-8H,9-10H2. The van der Waals surface area contributed by atoms with E-state index < -0.39 is 0 Å². The minimum absolute atomic E-state index is 0.213. The third-order valence-corrected chi connectivity index (χ3v) is 3.01. The van der Waals surface area contributed by atoms with Gasteiger partial charge in [0, 0.05) is 17.5 Å². The summed E-state index contributed by atoms with van der Waals surface area (Å²) in [5.41, 5.74) is 3.00. The molecule has 3 rings (SSSR count). The van der Waals surface area contributed by atoms with Crippen LogP contribution in [0.4, 0.5) is 0 Å². The third kappa shape index (κ3) is 1.82. The van der Waals surface area contributed by atoms with Crippen molar-refractivity contribution in [3.05, 3.63) is 65.2 Å². The Morgan fingerprint density at radius 3 is 2.59 bits per heavy atom. The maximum absolute atomic E-state index is 11.3. The van der Waals surface area contributed by atoms with Crippen molar-refractivity contribution in [1.29, 1.82) is 0 Å². The van der Waals surface area contributed by atoms with Gasteiger partial charge in [-0.25, -0.2) is 0 Å². The van der Waals surface area contributed by atoms with Crippen molar-refractivity contribution in [2.75, 3.05) is 0 Å². The predicted octanol–water partition coefficient (Wildman–Crippen LogP) is 3.00. The predicted molar refractivity (Wildman–Crippen MR) is 65.3 cm³/mol. The van der Waals surface area contributed by atoms with Crippen molar-refractivity contribution in [2.45, 2.75) is 13.0 Å². The summed E-state index contributed by atoms with van der Waals surface area (Å²) in [5, 5.41) is 0. The van der Waals surface area contributed by atoms with Gasteiger partial charge in [-0.3, -0.25) is 4.79 Å². The molecule has 0 spiro atoms. The Labute approximate surface area is 99.9 Å². The molecule has 0 bridgehead atoms. The van der Waals surface area contributed by atoms with E-state index >= 15 is 0 Å². The van der Waals surface area contributed by atoms with Crippen LogP contribution in [0.15, 0.2) is 48.5 Å². The zero-order valence-corrected chi connectivity index (χ0v) is 9.35. The summed E-state index contributed by atoms with van der Waals surface area (Å²) >= 11 is 0. The number of benzene rings is 2. The van der Waals surface area contributed by atoms with Crippen LogP contribution < -0.4 is 4.74 Å². The number of ether oxygens (including phenoxy) is 1. The first kappa shape index (κ1) is 10.1. The van der Waals surface area contributed by atoms with Crippen LogP contribution in [0.3, 0.4) is 0 Å². The Kier molecular flexibility index (Phi) is 2.41. The molecule has 1 aliphatic carbocycles. The molecule has 0 unspecified atom stereocenters. The molecule has 2 aromatic carbocycles. The van der Waals surface area contributed by atoms with Crippen LogP contribution in [0.25, 0.3) is 0 Å². The Morgan fingerprint density at radius 1 is 1.00 bits per heavy atom. The minimum Gasteiger partial charge on any atom is -0.489 e. The summed E-state index contributed by atoms with van der Waals surface area (Å²) in [5.74, 6) is 1.05. The molecule has 0 fully saturated rings. The molecule has 0 aliphatic heterocycles. The number of carbonyl (C=O) groups is 1. The number of ketones is 1. The van der Waals surface area contributed by atoms with E-state index in [-0.39, 0.29) is 5.78 Å². The average molecular weight is 224 g/mol. The lowest BCUT2D eigenvalue weighted by molar-refractivity contribution is 0.0964. The van der Waals surface area contributed by atoms with Gasteiger partial charge in [-0.1, -0.05) is 42.5 Å². The number of fused-ring (bicyclic) bond motifs is 1. The molecule has 1 aliphatic rings. The van der Waals surface area contributed by atoms with Crippen LogP contribution >= 0.6 is 0 Å². The summed E-state index contributed by atoms with van der Waals surface area (Å²) < 4.78 is 5.75. The topological polar surface area (TPSA) is 26.3 Å². The summed E-state index contributed by atoms with van der Waals surface area (Å²) in [6, 6.07) is 15.7. The van der Waals surface area contributed by atoms with Crippen molar-refractivity contribution < 1.29 is 9.53 Å². The van der Waals surface area contributed by atoms with E-state index in [0.717, 1.165) is 22.4 Å². The van der Waals surface area contributed by atoms with Gasteiger partial charge < -0.3 is 4.74 Å². The zero-order valence-electron chi connectivity index (χ0n) is 9.35. The molecule has 0 N–H and O–H groups in total. The Balaban J connectivity index is 1.77. The highest BCUT2D eigenvalue weighted by molar-refractivity contribution is 6.07. The van der Waals surface area contributed by atoms with Crippen LogP contribution in [-0.4, -0.2) is 5.78 Å². The lowest BCUT2D eigenvalue weighted by atomic mass is 9.86. The highest BCUT2D eigenvalue weighted by atomic mass is 16.5. The molecule has 0 atom stereocenters. The SMILES string of the molecule is O=C1Cc2c(OCc3ccccc3)cccc21. The van der Waals surface area contributed by atoms with Gasteiger partial charge in [0.05, 0.1) is 0 Å². The van der Waals surface area contributed by atoms with Crippen LogP contribution in [0, 0.1) is 0 Å². The van der Waals surface area contributed by atoms with Crippen LogP contribution in [-0.2, 0) is 13.0 Å². The van der Waals surface area contributed by atoms with Gasteiger partial charge in [0.15, 0.2) is 5.78 Å². The molecule has 0 radical (unpaired) electrons. The molecular weight excluding hydrogens is 212 g/mol. The number of hydrogen-bond acceptors (Lipinski definition) is 2. The van der Waals surface area contributed by atoms with Gasteiger partial charge in [0.2, 0.25) is 0 Å². The van der Waals surface area contributed by atoms with Crippen molar-refractivity contribution >= 4 is 5.78 Å². The molecule has 0 heterocycles. The maximum atomic E-state index is 11.3. The lowest BCUT2D eigenvalue weighted by Crippen LogP contribution is -2.19. The fourth-order valence-electron chi connectivity index (χ4n) is 2.03. The fraction of sp³-hybridized carbons (Fsp3) is 0.133.